The fourth-order valence-electron chi connectivity index (χ4n) is 3.58. The Morgan fingerprint density at radius 2 is 1.71 bits per heavy atom. The summed E-state index contributed by atoms with van der Waals surface area (Å²) in [5.41, 5.74) is 1.05. The summed E-state index contributed by atoms with van der Waals surface area (Å²) < 4.78 is 47.3. The zero-order valence-electron chi connectivity index (χ0n) is 18.1. The van der Waals surface area contributed by atoms with Crippen molar-refractivity contribution in [2.75, 3.05) is 23.3 Å². The van der Waals surface area contributed by atoms with Gasteiger partial charge in [0.15, 0.2) is 0 Å². The van der Waals surface area contributed by atoms with Crippen molar-refractivity contribution in [2.45, 2.75) is 50.8 Å². The average Bonchev–Trinajstić information content (AvgIpc) is 2.66. The predicted molar refractivity (Wildman–Crippen MR) is 118 cm³/mol. The SMILES string of the molecule is CC(C)NS(=O)(=O)c1ccc(C(=O)Nc2ccc(N3CC(C)OC(C)C3)c(F)c2)cc1. The van der Waals surface area contributed by atoms with E-state index in [0.29, 0.717) is 24.5 Å². The monoisotopic (exact) mass is 449 g/mol. The van der Waals surface area contributed by atoms with Gasteiger partial charge in [-0.05, 0) is 70.2 Å². The maximum atomic E-state index is 14.7. The van der Waals surface area contributed by atoms with Crippen LogP contribution in [0.4, 0.5) is 15.8 Å². The minimum atomic E-state index is -3.63. The molecule has 1 fully saturated rings. The zero-order valence-corrected chi connectivity index (χ0v) is 18.9. The molecule has 0 aliphatic carbocycles. The van der Waals surface area contributed by atoms with E-state index in [1.165, 1.54) is 30.3 Å². The van der Waals surface area contributed by atoms with E-state index in [1.807, 2.05) is 18.7 Å². The van der Waals surface area contributed by atoms with Gasteiger partial charge in [0.25, 0.3) is 5.91 Å². The van der Waals surface area contributed by atoms with Crippen molar-refractivity contribution in [1.82, 2.24) is 4.72 Å². The highest BCUT2D eigenvalue weighted by Crippen LogP contribution is 2.26. The number of sulfonamides is 1. The Kier molecular flexibility index (Phi) is 6.98. The fraction of sp³-hybridized carbons (Fsp3) is 0.409. The number of carbonyl (C=O) groups is 1. The molecule has 1 saturated heterocycles. The maximum absolute atomic E-state index is 14.7. The van der Waals surface area contributed by atoms with Gasteiger partial charge in [-0.15, -0.1) is 0 Å². The highest BCUT2D eigenvalue weighted by atomic mass is 32.2. The van der Waals surface area contributed by atoms with E-state index in [2.05, 4.69) is 10.0 Å². The van der Waals surface area contributed by atoms with Gasteiger partial charge in [-0.2, -0.15) is 0 Å². The van der Waals surface area contributed by atoms with Crippen molar-refractivity contribution in [2.24, 2.45) is 0 Å². The predicted octanol–water partition coefficient (Wildman–Crippen LogP) is 3.38. The van der Waals surface area contributed by atoms with Crippen molar-refractivity contribution in [3.8, 4) is 0 Å². The van der Waals surface area contributed by atoms with E-state index in [-0.39, 0.29) is 28.7 Å². The quantitative estimate of drug-likeness (QED) is 0.706. The van der Waals surface area contributed by atoms with Crippen LogP contribution in [0, 0.1) is 5.82 Å². The molecule has 9 heteroatoms. The van der Waals surface area contributed by atoms with Gasteiger partial charge in [-0.3, -0.25) is 4.79 Å². The molecule has 1 heterocycles. The van der Waals surface area contributed by atoms with E-state index in [0.717, 1.165) is 0 Å². The molecule has 1 amide bonds. The summed E-state index contributed by atoms with van der Waals surface area (Å²) in [4.78, 5) is 14.5. The third-order valence-electron chi connectivity index (χ3n) is 4.78. The Balaban J connectivity index is 1.70. The molecule has 3 rings (SSSR count). The Morgan fingerprint density at radius 1 is 1.10 bits per heavy atom. The first-order chi connectivity index (χ1) is 14.5. The van der Waals surface area contributed by atoms with Crippen LogP contribution in [0.25, 0.3) is 0 Å². The van der Waals surface area contributed by atoms with E-state index in [9.17, 15) is 17.6 Å². The summed E-state index contributed by atoms with van der Waals surface area (Å²) in [7, 11) is -3.63. The molecule has 1 aliphatic rings. The second kappa shape index (κ2) is 9.33. The van der Waals surface area contributed by atoms with Crippen molar-refractivity contribution in [3.05, 3.63) is 53.8 Å². The molecule has 2 unspecified atom stereocenters. The number of hydrogen-bond donors (Lipinski definition) is 2. The smallest absolute Gasteiger partial charge is 0.255 e. The van der Waals surface area contributed by atoms with Gasteiger partial charge in [0.05, 0.1) is 22.8 Å². The molecular formula is C22H28FN3O4S. The molecular weight excluding hydrogens is 421 g/mol. The average molecular weight is 450 g/mol. The largest absolute Gasteiger partial charge is 0.372 e. The molecule has 0 spiro atoms. The summed E-state index contributed by atoms with van der Waals surface area (Å²) in [5, 5.41) is 2.65. The molecule has 0 saturated carbocycles. The van der Waals surface area contributed by atoms with E-state index < -0.39 is 21.7 Å². The van der Waals surface area contributed by atoms with Crippen molar-refractivity contribution in [3.63, 3.8) is 0 Å². The Hall–Kier alpha value is -2.49. The standard InChI is InChI=1S/C22H28FN3O4S/c1-14(2)25-31(28,29)19-8-5-17(6-9-19)22(27)24-18-7-10-21(20(23)11-18)26-12-15(3)30-16(4)13-26/h5-11,14-16,25H,12-13H2,1-4H3,(H,24,27). The molecule has 1 aliphatic heterocycles. The molecule has 2 atom stereocenters. The molecule has 0 radical (unpaired) electrons. The maximum Gasteiger partial charge on any atom is 0.255 e. The lowest BCUT2D eigenvalue weighted by Crippen LogP contribution is -2.45. The lowest BCUT2D eigenvalue weighted by Gasteiger charge is -2.37. The molecule has 31 heavy (non-hydrogen) atoms. The van der Waals surface area contributed by atoms with Crippen LogP contribution in [-0.4, -0.2) is 45.7 Å². The highest BCUT2D eigenvalue weighted by Gasteiger charge is 2.24. The topological polar surface area (TPSA) is 87.7 Å². The van der Waals surface area contributed by atoms with E-state index >= 15 is 0 Å². The van der Waals surface area contributed by atoms with Gasteiger partial charge in [0, 0.05) is 30.4 Å². The molecule has 0 aromatic heterocycles. The number of morpholine rings is 1. The molecule has 7 nitrogen and oxygen atoms in total. The third-order valence-corrected chi connectivity index (χ3v) is 6.46. The Morgan fingerprint density at radius 3 is 2.26 bits per heavy atom. The first-order valence-electron chi connectivity index (χ1n) is 10.2. The number of anilines is 2. The van der Waals surface area contributed by atoms with Gasteiger partial charge in [-0.1, -0.05) is 0 Å². The summed E-state index contributed by atoms with van der Waals surface area (Å²) in [5.74, 6) is -0.887. The fourth-order valence-corrected chi connectivity index (χ4v) is 4.83. The van der Waals surface area contributed by atoms with Crippen LogP contribution >= 0.6 is 0 Å². The Labute approximate surface area is 182 Å². The van der Waals surface area contributed by atoms with Crippen LogP contribution in [0.3, 0.4) is 0 Å². The van der Waals surface area contributed by atoms with Gasteiger partial charge >= 0.3 is 0 Å². The number of halogens is 1. The Bertz CT molecular complexity index is 1030. The number of nitrogens with zero attached hydrogens (tertiary/aromatic N) is 1. The van der Waals surface area contributed by atoms with Crippen molar-refractivity contribution >= 4 is 27.3 Å². The number of amides is 1. The van der Waals surface area contributed by atoms with Gasteiger partial charge in [-0.25, -0.2) is 17.5 Å². The minimum absolute atomic E-state index is 0.00468. The van der Waals surface area contributed by atoms with Crippen LogP contribution in [0.5, 0.6) is 0 Å². The molecule has 2 aromatic carbocycles. The number of hydrogen-bond acceptors (Lipinski definition) is 5. The first kappa shape index (κ1) is 23.2. The van der Waals surface area contributed by atoms with Crippen LogP contribution in [0.2, 0.25) is 0 Å². The minimum Gasteiger partial charge on any atom is -0.372 e. The molecule has 2 N–H and O–H groups in total. The zero-order chi connectivity index (χ0) is 22.8. The first-order valence-corrected chi connectivity index (χ1v) is 11.7. The van der Waals surface area contributed by atoms with Crippen LogP contribution in [0.1, 0.15) is 38.1 Å². The van der Waals surface area contributed by atoms with Gasteiger partial charge < -0.3 is 15.0 Å². The van der Waals surface area contributed by atoms with Gasteiger partial charge in [0.1, 0.15) is 5.82 Å². The molecule has 168 valence electrons. The highest BCUT2D eigenvalue weighted by molar-refractivity contribution is 7.89. The normalized spacial score (nSPS) is 19.5. The summed E-state index contributed by atoms with van der Waals surface area (Å²) in [6, 6.07) is 9.90. The molecule has 0 bridgehead atoms. The lowest BCUT2D eigenvalue weighted by atomic mass is 10.1. The number of ether oxygens (including phenoxy) is 1. The second-order valence-corrected chi connectivity index (χ2v) is 9.80. The second-order valence-electron chi connectivity index (χ2n) is 8.08. The summed E-state index contributed by atoms with van der Waals surface area (Å²) >= 11 is 0. The van der Waals surface area contributed by atoms with Crippen LogP contribution in [-0.2, 0) is 14.8 Å². The number of rotatable bonds is 6. The van der Waals surface area contributed by atoms with Crippen molar-refractivity contribution in [1.29, 1.82) is 0 Å². The summed E-state index contributed by atoms with van der Waals surface area (Å²) in [6.07, 6.45) is 0.00936. The number of benzene rings is 2. The number of nitrogens with one attached hydrogen (secondary N) is 2. The van der Waals surface area contributed by atoms with Gasteiger partial charge in [0.2, 0.25) is 10.0 Å². The lowest BCUT2D eigenvalue weighted by molar-refractivity contribution is -0.00539. The van der Waals surface area contributed by atoms with Crippen molar-refractivity contribution < 1.29 is 22.3 Å². The number of carbonyl (C=O) groups excluding carboxylic acids is 1. The van der Waals surface area contributed by atoms with Crippen LogP contribution < -0.4 is 14.9 Å². The summed E-state index contributed by atoms with van der Waals surface area (Å²) in [6.45, 7) is 8.53. The molecule has 2 aromatic rings. The van der Waals surface area contributed by atoms with Crippen LogP contribution in [0.15, 0.2) is 47.4 Å². The third kappa shape index (κ3) is 5.81. The van der Waals surface area contributed by atoms with E-state index in [1.54, 1.807) is 26.0 Å². The van der Waals surface area contributed by atoms with E-state index in [4.69, 9.17) is 4.74 Å².